The number of imidazole rings is 1. The number of carbonyl (C=O) groups is 1. The van der Waals surface area contributed by atoms with E-state index in [9.17, 15) is 13.2 Å². The van der Waals surface area contributed by atoms with Crippen LogP contribution in [0.15, 0.2) is 66.1 Å². The minimum absolute atomic E-state index is 0.172. The summed E-state index contributed by atoms with van der Waals surface area (Å²) in [5, 5.41) is 2.89. The smallest absolute Gasteiger partial charge is 0.251 e. The van der Waals surface area contributed by atoms with Crippen LogP contribution in [0.4, 0.5) is 0 Å². The number of rotatable bonds is 9. The van der Waals surface area contributed by atoms with E-state index in [4.69, 9.17) is 0 Å². The van der Waals surface area contributed by atoms with E-state index in [1.807, 2.05) is 35.0 Å². The van der Waals surface area contributed by atoms with Gasteiger partial charge in [0.2, 0.25) is 10.0 Å². The highest BCUT2D eigenvalue weighted by Gasteiger charge is 2.24. The van der Waals surface area contributed by atoms with E-state index in [0.29, 0.717) is 37.3 Å². The molecule has 1 amide bonds. The number of benzene rings is 2. The van der Waals surface area contributed by atoms with Gasteiger partial charge in [-0.25, -0.2) is 13.4 Å². The van der Waals surface area contributed by atoms with Gasteiger partial charge in [0.25, 0.3) is 5.91 Å². The Labute approximate surface area is 183 Å². The first-order valence-electron chi connectivity index (χ1n) is 10.3. The van der Waals surface area contributed by atoms with Gasteiger partial charge in [-0.1, -0.05) is 44.2 Å². The van der Waals surface area contributed by atoms with Crippen LogP contribution in [0, 0.1) is 6.92 Å². The van der Waals surface area contributed by atoms with Crippen LogP contribution in [0.25, 0.3) is 0 Å². The molecule has 31 heavy (non-hydrogen) atoms. The van der Waals surface area contributed by atoms with Crippen molar-refractivity contribution >= 4 is 15.9 Å². The molecule has 7 nitrogen and oxygen atoms in total. The second-order valence-electron chi connectivity index (χ2n) is 7.31. The Balaban J connectivity index is 1.73. The average molecular weight is 441 g/mol. The summed E-state index contributed by atoms with van der Waals surface area (Å²) in [6.45, 7) is 7.15. The van der Waals surface area contributed by atoms with Crippen LogP contribution in [-0.4, -0.2) is 41.3 Å². The van der Waals surface area contributed by atoms with E-state index in [1.165, 1.54) is 10.4 Å². The van der Waals surface area contributed by atoms with Crippen molar-refractivity contribution in [3.63, 3.8) is 0 Å². The fourth-order valence-corrected chi connectivity index (χ4v) is 5.14. The Hall–Kier alpha value is -2.97. The molecule has 0 atom stereocenters. The number of carbonyl (C=O) groups excluding carboxylic acids is 1. The molecule has 0 fully saturated rings. The number of aryl methyl sites for hydroxylation is 1. The lowest BCUT2D eigenvalue weighted by Gasteiger charge is -2.20. The van der Waals surface area contributed by atoms with Crippen LogP contribution in [0.5, 0.6) is 0 Å². The molecule has 0 saturated carbocycles. The van der Waals surface area contributed by atoms with E-state index in [1.54, 1.807) is 45.4 Å². The van der Waals surface area contributed by atoms with E-state index in [-0.39, 0.29) is 10.8 Å². The third-order valence-corrected chi connectivity index (χ3v) is 7.33. The number of hydrogen-bond donors (Lipinski definition) is 1. The molecule has 1 N–H and O–H groups in total. The molecule has 0 aliphatic rings. The fraction of sp³-hybridized carbons (Fsp3) is 0.304. The number of nitrogens with zero attached hydrogens (tertiary/aromatic N) is 3. The molecule has 0 spiro atoms. The fourth-order valence-electron chi connectivity index (χ4n) is 3.44. The first kappa shape index (κ1) is 22.7. The number of hydrogen-bond acceptors (Lipinski definition) is 4. The number of nitrogens with one attached hydrogen (secondary N) is 1. The van der Waals surface area contributed by atoms with Gasteiger partial charge >= 0.3 is 0 Å². The summed E-state index contributed by atoms with van der Waals surface area (Å²) in [4.78, 5) is 16.9. The van der Waals surface area contributed by atoms with Gasteiger partial charge in [0.1, 0.15) is 0 Å². The molecular formula is C23H28N4O3S. The summed E-state index contributed by atoms with van der Waals surface area (Å²) in [6.07, 6.45) is 5.39. The Kier molecular flexibility index (Phi) is 7.25. The maximum absolute atomic E-state index is 12.9. The zero-order valence-electron chi connectivity index (χ0n) is 18.1. The van der Waals surface area contributed by atoms with Crippen molar-refractivity contribution in [1.82, 2.24) is 19.2 Å². The first-order valence-corrected chi connectivity index (χ1v) is 11.7. The van der Waals surface area contributed by atoms with Crippen molar-refractivity contribution < 1.29 is 13.2 Å². The van der Waals surface area contributed by atoms with Gasteiger partial charge < -0.3 is 9.88 Å². The molecule has 8 heteroatoms. The molecule has 0 aliphatic heterocycles. The van der Waals surface area contributed by atoms with Crippen LogP contribution in [0.3, 0.4) is 0 Å². The van der Waals surface area contributed by atoms with Gasteiger partial charge in [0.15, 0.2) is 0 Å². The van der Waals surface area contributed by atoms with Crippen LogP contribution in [0.2, 0.25) is 0 Å². The SMILES string of the molecule is CCN(CC)S(=O)(=O)c1cc(C(=O)NCc2cccc(Cn3ccnc3)c2)ccc1C. The molecule has 3 aromatic rings. The summed E-state index contributed by atoms with van der Waals surface area (Å²) in [7, 11) is -3.64. The van der Waals surface area contributed by atoms with Gasteiger partial charge in [-0.3, -0.25) is 4.79 Å². The summed E-state index contributed by atoms with van der Waals surface area (Å²) < 4.78 is 29.2. The quantitative estimate of drug-likeness (QED) is 0.554. The Morgan fingerprint density at radius 1 is 1.10 bits per heavy atom. The van der Waals surface area contributed by atoms with Gasteiger partial charge in [-0.05, 0) is 35.7 Å². The third kappa shape index (κ3) is 5.39. The van der Waals surface area contributed by atoms with Crippen LogP contribution in [-0.2, 0) is 23.1 Å². The zero-order valence-corrected chi connectivity index (χ0v) is 18.9. The minimum atomic E-state index is -3.64. The highest BCUT2D eigenvalue weighted by molar-refractivity contribution is 7.89. The molecule has 3 rings (SSSR count). The van der Waals surface area contributed by atoms with E-state index >= 15 is 0 Å². The highest BCUT2D eigenvalue weighted by Crippen LogP contribution is 2.21. The maximum atomic E-state index is 12.9. The van der Waals surface area contributed by atoms with Gasteiger partial charge in [-0.2, -0.15) is 4.31 Å². The zero-order chi connectivity index (χ0) is 22.4. The van der Waals surface area contributed by atoms with Crippen molar-refractivity contribution in [2.24, 2.45) is 0 Å². The molecule has 0 radical (unpaired) electrons. The Bertz CT molecular complexity index is 1140. The molecule has 2 aromatic carbocycles. The Morgan fingerprint density at radius 2 is 1.84 bits per heavy atom. The third-order valence-electron chi connectivity index (χ3n) is 5.14. The standard InChI is InChI=1S/C23H28N4O3S/c1-4-27(5-2)31(29,30)22-14-21(10-9-18(22)3)23(28)25-15-19-7-6-8-20(13-19)16-26-12-11-24-17-26/h6-14,17H,4-5,15-16H2,1-3H3,(H,25,28). The summed E-state index contributed by atoms with van der Waals surface area (Å²) in [5.74, 6) is -0.309. The normalized spacial score (nSPS) is 11.6. The number of sulfonamides is 1. The van der Waals surface area contributed by atoms with Crippen LogP contribution >= 0.6 is 0 Å². The lowest BCUT2D eigenvalue weighted by Crippen LogP contribution is -2.31. The van der Waals surface area contributed by atoms with Gasteiger partial charge in [-0.15, -0.1) is 0 Å². The molecule has 0 unspecified atom stereocenters. The van der Waals surface area contributed by atoms with Crippen molar-refractivity contribution in [3.8, 4) is 0 Å². The largest absolute Gasteiger partial charge is 0.348 e. The monoisotopic (exact) mass is 440 g/mol. The van der Waals surface area contributed by atoms with E-state index in [2.05, 4.69) is 10.3 Å². The minimum Gasteiger partial charge on any atom is -0.348 e. The molecule has 1 heterocycles. The van der Waals surface area contributed by atoms with E-state index < -0.39 is 10.0 Å². The van der Waals surface area contributed by atoms with Crippen molar-refractivity contribution in [2.45, 2.75) is 38.8 Å². The van der Waals surface area contributed by atoms with E-state index in [0.717, 1.165) is 11.1 Å². The summed E-state index contributed by atoms with van der Waals surface area (Å²) >= 11 is 0. The predicted octanol–water partition coefficient (Wildman–Crippen LogP) is 3.20. The van der Waals surface area contributed by atoms with Gasteiger partial charge in [0.05, 0.1) is 11.2 Å². The lowest BCUT2D eigenvalue weighted by molar-refractivity contribution is 0.0950. The molecule has 0 aliphatic carbocycles. The second-order valence-corrected chi connectivity index (χ2v) is 9.21. The maximum Gasteiger partial charge on any atom is 0.251 e. The second kappa shape index (κ2) is 9.89. The summed E-state index contributed by atoms with van der Waals surface area (Å²) in [5.41, 5.74) is 3.02. The predicted molar refractivity (Wildman–Crippen MR) is 120 cm³/mol. The average Bonchev–Trinajstić information content (AvgIpc) is 3.26. The van der Waals surface area contributed by atoms with Crippen LogP contribution in [0.1, 0.15) is 40.9 Å². The van der Waals surface area contributed by atoms with Crippen molar-refractivity contribution in [1.29, 1.82) is 0 Å². The van der Waals surface area contributed by atoms with Gasteiger partial charge in [0, 0.05) is 44.1 Å². The summed E-state index contributed by atoms with van der Waals surface area (Å²) in [6, 6.07) is 12.8. The first-order chi connectivity index (χ1) is 14.8. The molecule has 1 aromatic heterocycles. The Morgan fingerprint density at radius 3 is 2.52 bits per heavy atom. The lowest BCUT2D eigenvalue weighted by atomic mass is 10.1. The van der Waals surface area contributed by atoms with Crippen molar-refractivity contribution in [2.75, 3.05) is 13.1 Å². The molecule has 0 saturated heterocycles. The number of aromatic nitrogens is 2. The molecule has 0 bridgehead atoms. The molecular weight excluding hydrogens is 412 g/mol. The highest BCUT2D eigenvalue weighted by atomic mass is 32.2. The topological polar surface area (TPSA) is 84.3 Å². The van der Waals surface area contributed by atoms with Crippen LogP contribution < -0.4 is 5.32 Å². The number of amides is 1. The molecule has 164 valence electrons. The van der Waals surface area contributed by atoms with Crippen molar-refractivity contribution in [3.05, 3.63) is 83.4 Å².